The first-order valence-corrected chi connectivity index (χ1v) is 26.2. The molecule has 11 aromatic carbocycles. The van der Waals surface area contributed by atoms with Gasteiger partial charge in [0.05, 0.1) is 79.0 Å². The van der Waals surface area contributed by atoms with Crippen LogP contribution in [0.15, 0.2) is 215 Å². The van der Waals surface area contributed by atoms with Crippen LogP contribution in [0.1, 0.15) is 16.7 Å². The van der Waals surface area contributed by atoms with E-state index in [0.29, 0.717) is 34.0 Å². The SMILES string of the molecule is [C-]#[N+]c1c(-n2c3ccccc3c3ccccc32)c(C#N)c(-n2c3ccc(C)cc3c3cc4oc5ccccc5c4cc32)c(-n2c3ccccc3c3ccccc32)c1-n1c2ccc(C)cc2c2cc3oc4ccccc4c3cc21. The first kappa shape index (κ1) is 42.5. The van der Waals surface area contributed by atoms with Crippen molar-refractivity contribution < 1.29 is 8.83 Å². The number of furan rings is 2. The van der Waals surface area contributed by atoms with Crippen LogP contribution >= 0.6 is 0 Å². The summed E-state index contributed by atoms with van der Waals surface area (Å²) in [6.07, 6.45) is 0. The van der Waals surface area contributed by atoms with E-state index in [1.165, 1.54) is 0 Å². The van der Waals surface area contributed by atoms with Gasteiger partial charge in [-0.15, -0.1) is 0 Å². The van der Waals surface area contributed by atoms with Crippen molar-refractivity contribution in [2.24, 2.45) is 0 Å². The fraction of sp³-hybridized carbons (Fsp3) is 0.0286. The number of aromatic nitrogens is 4. The molecule has 0 bridgehead atoms. The van der Waals surface area contributed by atoms with Crippen molar-refractivity contribution in [3.63, 3.8) is 0 Å². The van der Waals surface area contributed by atoms with Crippen molar-refractivity contribution in [3.05, 3.63) is 234 Å². The van der Waals surface area contributed by atoms with E-state index in [1.807, 2.05) is 36.4 Å². The molecule has 362 valence electrons. The van der Waals surface area contributed by atoms with E-state index in [9.17, 15) is 11.8 Å². The summed E-state index contributed by atoms with van der Waals surface area (Å²) in [7, 11) is 0. The minimum atomic E-state index is 0.329. The Morgan fingerprint density at radius 3 is 1.13 bits per heavy atom. The standard InChI is InChI=1S/C70H40N6O2/c1-39-28-30-58-47(32-39)49-36-64-51(45-20-8-14-26-62(45)77-64)34-60(49)75(58)68-53(38-71)67(73-54-22-10-4-16-41(54)42-17-5-11-23-55(42)73)66(72-3)69(70(68)74-56-24-12-6-18-43(56)44-19-7-13-25-57(44)74)76-59-31-29-40(2)33-48(59)50-37-65-52(35-61(50)76)46-21-9-15-27-63(46)78-65/h4-37H,1-2H3. The number of para-hydroxylation sites is 6. The number of nitriles is 1. The topological polar surface area (TPSA) is 74.2 Å². The molecule has 0 fully saturated rings. The van der Waals surface area contributed by atoms with E-state index < -0.39 is 0 Å². The Balaban J connectivity index is 1.20. The van der Waals surface area contributed by atoms with Crippen molar-refractivity contribution in [1.29, 1.82) is 5.26 Å². The van der Waals surface area contributed by atoms with Crippen LogP contribution in [-0.2, 0) is 0 Å². The number of fused-ring (bicyclic) bond motifs is 18. The number of rotatable bonds is 4. The maximum absolute atomic E-state index is 12.6. The summed E-state index contributed by atoms with van der Waals surface area (Å²) < 4.78 is 22.5. The quantitative estimate of drug-likeness (QED) is 0.165. The van der Waals surface area contributed by atoms with Gasteiger partial charge in [0.2, 0.25) is 5.69 Å². The molecule has 6 heterocycles. The molecule has 8 nitrogen and oxygen atoms in total. The summed E-state index contributed by atoms with van der Waals surface area (Å²) in [4.78, 5) is 4.80. The van der Waals surface area contributed by atoms with Crippen LogP contribution in [0.25, 0.3) is 159 Å². The molecule has 0 atom stereocenters. The highest BCUT2D eigenvalue weighted by molar-refractivity contribution is 6.21. The molecule has 0 radical (unpaired) electrons. The van der Waals surface area contributed by atoms with E-state index in [4.69, 9.17) is 13.7 Å². The Morgan fingerprint density at radius 1 is 0.333 bits per heavy atom. The normalized spacial score (nSPS) is 12.2. The minimum absolute atomic E-state index is 0.329. The zero-order chi connectivity index (χ0) is 51.7. The molecule has 0 N–H and O–H groups in total. The molecule has 6 aromatic heterocycles. The van der Waals surface area contributed by atoms with E-state index >= 15 is 0 Å². The van der Waals surface area contributed by atoms with Gasteiger partial charge in [-0.2, -0.15) is 5.26 Å². The molecular formula is C70H40N6O2. The Kier molecular flexibility index (Phi) is 8.40. The van der Waals surface area contributed by atoms with Gasteiger partial charge in [-0.25, -0.2) is 4.85 Å². The fourth-order valence-corrected chi connectivity index (χ4v) is 13.3. The van der Waals surface area contributed by atoms with Crippen LogP contribution in [0.4, 0.5) is 5.69 Å². The zero-order valence-corrected chi connectivity index (χ0v) is 42.1. The zero-order valence-electron chi connectivity index (χ0n) is 42.1. The summed E-state index contributed by atoms with van der Waals surface area (Å²) in [5.74, 6) is 0. The molecule has 8 heteroatoms. The van der Waals surface area contributed by atoms with Crippen molar-refractivity contribution in [2.75, 3.05) is 0 Å². The van der Waals surface area contributed by atoms with Gasteiger partial charge in [0.15, 0.2) is 0 Å². The largest absolute Gasteiger partial charge is 0.456 e. The third kappa shape index (κ3) is 5.49. The monoisotopic (exact) mass is 996 g/mol. The van der Waals surface area contributed by atoms with Crippen molar-refractivity contribution in [1.82, 2.24) is 18.3 Å². The lowest BCUT2D eigenvalue weighted by atomic mass is 10.0. The summed E-state index contributed by atoms with van der Waals surface area (Å²) in [6.45, 7) is 14.1. The van der Waals surface area contributed by atoms with Crippen LogP contribution in [0.3, 0.4) is 0 Å². The summed E-state index contributed by atoms with van der Waals surface area (Å²) >= 11 is 0. The smallest absolute Gasteiger partial charge is 0.237 e. The Hall–Kier alpha value is -10.8. The second-order valence-electron chi connectivity index (χ2n) is 20.7. The highest BCUT2D eigenvalue weighted by atomic mass is 16.3. The first-order valence-electron chi connectivity index (χ1n) is 26.2. The molecule has 0 amide bonds. The minimum Gasteiger partial charge on any atom is -0.456 e. The van der Waals surface area contributed by atoms with Crippen LogP contribution in [0, 0.1) is 31.8 Å². The lowest BCUT2D eigenvalue weighted by Gasteiger charge is -2.27. The summed E-state index contributed by atoms with van der Waals surface area (Å²) in [5, 5.41) is 24.7. The summed E-state index contributed by atoms with van der Waals surface area (Å²) in [6, 6.07) is 75.0. The van der Waals surface area contributed by atoms with E-state index in [-0.39, 0.29) is 0 Å². The van der Waals surface area contributed by atoms with Crippen molar-refractivity contribution in [3.8, 4) is 28.8 Å². The lowest BCUT2D eigenvalue weighted by molar-refractivity contribution is 0.669. The lowest BCUT2D eigenvalue weighted by Crippen LogP contribution is -2.14. The van der Waals surface area contributed by atoms with Gasteiger partial charge in [-0.05, 0) is 98.8 Å². The predicted molar refractivity (Wildman–Crippen MR) is 319 cm³/mol. The van der Waals surface area contributed by atoms with Gasteiger partial charge in [-0.3, -0.25) is 0 Å². The molecule has 17 aromatic rings. The third-order valence-electron chi connectivity index (χ3n) is 16.5. The molecule has 0 aliphatic carbocycles. The Labute approximate surface area is 444 Å². The van der Waals surface area contributed by atoms with Crippen LogP contribution in [0.5, 0.6) is 0 Å². The number of hydrogen-bond acceptors (Lipinski definition) is 3. The van der Waals surface area contributed by atoms with Gasteiger partial charge in [0.25, 0.3) is 0 Å². The Morgan fingerprint density at radius 2 is 0.692 bits per heavy atom. The van der Waals surface area contributed by atoms with Gasteiger partial charge < -0.3 is 27.1 Å². The van der Waals surface area contributed by atoms with Crippen LogP contribution in [-0.4, -0.2) is 18.3 Å². The predicted octanol–water partition coefficient (Wildman–Crippen LogP) is 18.9. The maximum Gasteiger partial charge on any atom is 0.237 e. The molecule has 0 spiro atoms. The van der Waals surface area contributed by atoms with Gasteiger partial charge in [-0.1, -0.05) is 132 Å². The van der Waals surface area contributed by atoms with E-state index in [2.05, 4.69) is 208 Å². The summed E-state index contributed by atoms with van der Waals surface area (Å²) in [5.41, 5.74) is 15.7. The van der Waals surface area contributed by atoms with Crippen LogP contribution in [0.2, 0.25) is 0 Å². The van der Waals surface area contributed by atoms with Gasteiger partial charge in [0, 0.05) is 64.6 Å². The fourth-order valence-electron chi connectivity index (χ4n) is 13.3. The van der Waals surface area contributed by atoms with Gasteiger partial charge >= 0.3 is 0 Å². The number of hydrogen-bond donors (Lipinski definition) is 0. The van der Waals surface area contributed by atoms with Crippen LogP contribution < -0.4 is 0 Å². The molecule has 0 aliphatic rings. The molecule has 0 saturated heterocycles. The number of nitrogens with zero attached hydrogens (tertiary/aromatic N) is 6. The highest BCUT2D eigenvalue weighted by Crippen LogP contribution is 2.53. The average molecular weight is 997 g/mol. The third-order valence-corrected chi connectivity index (χ3v) is 16.5. The molecule has 0 saturated carbocycles. The van der Waals surface area contributed by atoms with Crippen molar-refractivity contribution in [2.45, 2.75) is 13.8 Å². The molecular weight excluding hydrogens is 957 g/mol. The molecule has 0 aliphatic heterocycles. The van der Waals surface area contributed by atoms with Crippen molar-refractivity contribution >= 4 is 137 Å². The first-order chi connectivity index (χ1) is 38.4. The number of aryl methyl sites for hydroxylation is 2. The van der Waals surface area contributed by atoms with E-state index in [1.54, 1.807) is 0 Å². The Bertz CT molecular complexity index is 5300. The average Bonchev–Trinajstić information content (AvgIpc) is 4.38. The highest BCUT2D eigenvalue weighted by Gasteiger charge is 2.35. The second kappa shape index (κ2) is 15.4. The maximum atomic E-state index is 12.6. The van der Waals surface area contributed by atoms with E-state index in [0.717, 1.165) is 142 Å². The van der Waals surface area contributed by atoms with Gasteiger partial charge in [0.1, 0.15) is 28.4 Å². The second-order valence-corrected chi connectivity index (χ2v) is 20.7. The molecule has 78 heavy (non-hydrogen) atoms. The number of benzene rings is 11. The molecule has 17 rings (SSSR count). The molecule has 0 unspecified atom stereocenters.